The minimum atomic E-state index is -0.886. The van der Waals surface area contributed by atoms with E-state index in [0.717, 1.165) is 6.42 Å². The van der Waals surface area contributed by atoms with Gasteiger partial charge in [0.15, 0.2) is 0 Å². The third-order valence-electron chi connectivity index (χ3n) is 3.55. The van der Waals surface area contributed by atoms with Gasteiger partial charge in [-0.25, -0.2) is 4.39 Å². The summed E-state index contributed by atoms with van der Waals surface area (Å²) in [5, 5.41) is 11.7. The number of carbonyl (C=O) groups excluding carboxylic acids is 1. The van der Waals surface area contributed by atoms with Crippen LogP contribution < -0.4 is 5.32 Å². The fourth-order valence-electron chi connectivity index (χ4n) is 2.52. The lowest BCUT2D eigenvalue weighted by atomic mass is 10.0. The second-order valence-electron chi connectivity index (χ2n) is 4.96. The minimum absolute atomic E-state index is 0.0814. The Kier molecular flexibility index (Phi) is 4.75. The maximum absolute atomic E-state index is 13.6. The lowest BCUT2D eigenvalue weighted by Crippen LogP contribution is -2.40. The molecule has 0 aliphatic heterocycles. The smallest absolute Gasteiger partial charge is 0.308 e. The first-order valence-corrected chi connectivity index (χ1v) is 7.23. The predicted molar refractivity (Wildman–Crippen MR) is 74.7 cm³/mol. The monoisotopic (exact) mass is 343 g/mol. The zero-order valence-corrected chi connectivity index (χ0v) is 12.3. The number of amides is 1. The van der Waals surface area contributed by atoms with Gasteiger partial charge < -0.3 is 10.4 Å². The van der Waals surface area contributed by atoms with E-state index in [1.807, 2.05) is 0 Å². The molecule has 2 N–H and O–H groups in total. The molecule has 0 unspecified atom stereocenters. The zero-order chi connectivity index (χ0) is 14.7. The van der Waals surface area contributed by atoms with E-state index >= 15 is 0 Å². The Morgan fingerprint density at radius 3 is 2.80 bits per heavy atom. The molecule has 0 spiro atoms. The normalized spacial score (nSPS) is 21.7. The number of aliphatic carboxylic acids is 1. The number of hydrogen-bond donors (Lipinski definition) is 2. The fraction of sp³-hybridized carbons (Fsp3) is 0.429. The van der Waals surface area contributed by atoms with Gasteiger partial charge >= 0.3 is 5.97 Å². The molecule has 2 rings (SSSR count). The lowest BCUT2D eigenvalue weighted by Gasteiger charge is -2.17. The van der Waals surface area contributed by atoms with Crippen molar-refractivity contribution in [2.75, 3.05) is 0 Å². The van der Waals surface area contributed by atoms with Gasteiger partial charge in [-0.1, -0.05) is 28.4 Å². The number of carboxylic acids is 1. The molecule has 0 radical (unpaired) electrons. The summed E-state index contributed by atoms with van der Waals surface area (Å²) >= 11 is 3.15. The number of halogens is 2. The first-order chi connectivity index (χ1) is 9.47. The SMILES string of the molecule is O=C(Cc1ccc(Br)cc1F)N[C@H]1CCC[C@H]1C(=O)O. The number of rotatable bonds is 4. The van der Waals surface area contributed by atoms with Gasteiger partial charge in [-0.3, -0.25) is 9.59 Å². The molecule has 1 aliphatic rings. The van der Waals surface area contributed by atoms with E-state index < -0.39 is 17.7 Å². The van der Waals surface area contributed by atoms with Crippen molar-refractivity contribution in [1.29, 1.82) is 0 Å². The van der Waals surface area contributed by atoms with Crippen LogP contribution in [0, 0.1) is 11.7 Å². The van der Waals surface area contributed by atoms with Crippen molar-refractivity contribution in [1.82, 2.24) is 5.32 Å². The summed E-state index contributed by atoms with van der Waals surface area (Å²) in [7, 11) is 0. The predicted octanol–water partition coefficient (Wildman–Crippen LogP) is 2.50. The highest BCUT2D eigenvalue weighted by Crippen LogP contribution is 2.26. The van der Waals surface area contributed by atoms with Crippen molar-refractivity contribution >= 4 is 27.8 Å². The summed E-state index contributed by atoms with van der Waals surface area (Å²) in [6.07, 6.45) is 1.94. The van der Waals surface area contributed by atoms with Crippen molar-refractivity contribution in [2.24, 2.45) is 5.92 Å². The van der Waals surface area contributed by atoms with Gasteiger partial charge in [0.25, 0.3) is 0 Å². The Balaban J connectivity index is 1.97. The van der Waals surface area contributed by atoms with Crippen LogP contribution in [0.5, 0.6) is 0 Å². The molecule has 1 fully saturated rings. The van der Waals surface area contributed by atoms with Gasteiger partial charge in [-0.05, 0) is 30.5 Å². The molecule has 1 aliphatic carbocycles. The third-order valence-corrected chi connectivity index (χ3v) is 4.04. The van der Waals surface area contributed by atoms with Gasteiger partial charge in [-0.15, -0.1) is 0 Å². The molecule has 0 heterocycles. The highest BCUT2D eigenvalue weighted by atomic mass is 79.9. The molecular formula is C14H15BrFNO3. The fourth-order valence-corrected chi connectivity index (χ4v) is 2.86. The first kappa shape index (κ1) is 15.0. The quantitative estimate of drug-likeness (QED) is 0.882. The number of carboxylic acid groups (broad SMARTS) is 1. The Bertz CT molecular complexity index is 535. The van der Waals surface area contributed by atoms with Gasteiger partial charge in [0.2, 0.25) is 5.91 Å². The Hall–Kier alpha value is -1.43. The highest BCUT2D eigenvalue weighted by molar-refractivity contribution is 9.10. The summed E-state index contributed by atoms with van der Waals surface area (Å²) in [6.45, 7) is 0. The molecule has 1 aromatic rings. The number of hydrogen-bond acceptors (Lipinski definition) is 2. The molecule has 20 heavy (non-hydrogen) atoms. The van der Waals surface area contributed by atoms with Crippen LogP contribution >= 0.6 is 15.9 Å². The number of nitrogens with one attached hydrogen (secondary N) is 1. The van der Waals surface area contributed by atoms with Crippen LogP contribution in [0.1, 0.15) is 24.8 Å². The molecular weight excluding hydrogens is 329 g/mol. The summed E-state index contributed by atoms with van der Waals surface area (Å²) in [4.78, 5) is 22.9. The van der Waals surface area contributed by atoms with E-state index in [4.69, 9.17) is 5.11 Å². The molecule has 1 aromatic carbocycles. The van der Waals surface area contributed by atoms with E-state index in [9.17, 15) is 14.0 Å². The molecule has 0 bridgehead atoms. The van der Waals surface area contributed by atoms with Gasteiger partial charge in [-0.2, -0.15) is 0 Å². The molecule has 0 saturated heterocycles. The first-order valence-electron chi connectivity index (χ1n) is 6.43. The third kappa shape index (κ3) is 3.56. The largest absolute Gasteiger partial charge is 0.481 e. The topological polar surface area (TPSA) is 66.4 Å². The van der Waals surface area contributed by atoms with Crippen LogP contribution in [-0.4, -0.2) is 23.0 Å². The van der Waals surface area contributed by atoms with Crippen LogP contribution in [0.3, 0.4) is 0 Å². The van der Waals surface area contributed by atoms with Gasteiger partial charge in [0.1, 0.15) is 5.82 Å². The Morgan fingerprint density at radius 1 is 1.40 bits per heavy atom. The van der Waals surface area contributed by atoms with Crippen LogP contribution in [0.25, 0.3) is 0 Å². The second-order valence-corrected chi connectivity index (χ2v) is 5.88. The summed E-state index contributed by atoms with van der Waals surface area (Å²) in [5.41, 5.74) is 0.301. The van der Waals surface area contributed by atoms with Crippen molar-refractivity contribution in [2.45, 2.75) is 31.7 Å². The molecule has 1 saturated carbocycles. The Morgan fingerprint density at radius 2 is 2.15 bits per heavy atom. The van der Waals surface area contributed by atoms with E-state index in [1.54, 1.807) is 12.1 Å². The van der Waals surface area contributed by atoms with Crippen LogP contribution in [0.2, 0.25) is 0 Å². The van der Waals surface area contributed by atoms with Crippen molar-refractivity contribution < 1.29 is 19.1 Å². The van der Waals surface area contributed by atoms with Crippen molar-refractivity contribution in [3.8, 4) is 0 Å². The van der Waals surface area contributed by atoms with E-state index in [-0.39, 0.29) is 18.4 Å². The lowest BCUT2D eigenvalue weighted by molar-refractivity contribution is -0.142. The van der Waals surface area contributed by atoms with E-state index in [0.29, 0.717) is 22.9 Å². The zero-order valence-electron chi connectivity index (χ0n) is 10.7. The maximum Gasteiger partial charge on any atom is 0.308 e. The average molecular weight is 344 g/mol. The second kappa shape index (κ2) is 6.35. The number of benzene rings is 1. The number of carbonyl (C=O) groups is 2. The molecule has 2 atom stereocenters. The summed E-state index contributed by atoms with van der Waals surface area (Å²) in [6, 6.07) is 4.17. The maximum atomic E-state index is 13.6. The molecule has 6 heteroatoms. The van der Waals surface area contributed by atoms with Crippen molar-refractivity contribution in [3.63, 3.8) is 0 Å². The molecule has 1 amide bonds. The summed E-state index contributed by atoms with van der Waals surface area (Å²) < 4.78 is 14.2. The van der Waals surface area contributed by atoms with E-state index in [2.05, 4.69) is 21.2 Å². The van der Waals surface area contributed by atoms with Crippen LogP contribution in [0.15, 0.2) is 22.7 Å². The van der Waals surface area contributed by atoms with Gasteiger partial charge in [0, 0.05) is 10.5 Å². The molecule has 0 aromatic heterocycles. The van der Waals surface area contributed by atoms with E-state index in [1.165, 1.54) is 6.07 Å². The summed E-state index contributed by atoms with van der Waals surface area (Å²) in [5.74, 6) is -2.21. The minimum Gasteiger partial charge on any atom is -0.481 e. The Labute approximate surface area is 124 Å². The standard InChI is InChI=1S/C14H15BrFNO3/c15-9-5-4-8(11(16)7-9)6-13(18)17-12-3-1-2-10(12)14(19)20/h4-5,7,10,12H,1-3,6H2,(H,17,18)(H,19,20)/t10-,12+/m1/s1. The average Bonchev–Trinajstić information content (AvgIpc) is 2.81. The van der Waals surface area contributed by atoms with Gasteiger partial charge in [0.05, 0.1) is 12.3 Å². The highest BCUT2D eigenvalue weighted by Gasteiger charge is 2.33. The van der Waals surface area contributed by atoms with Crippen LogP contribution in [0.4, 0.5) is 4.39 Å². The molecule has 108 valence electrons. The van der Waals surface area contributed by atoms with Crippen LogP contribution in [-0.2, 0) is 16.0 Å². The van der Waals surface area contributed by atoms with Crippen molar-refractivity contribution in [3.05, 3.63) is 34.1 Å². The molecule has 4 nitrogen and oxygen atoms in total.